The third-order valence-electron chi connectivity index (χ3n) is 12.0. The zero-order valence-electron chi connectivity index (χ0n) is 35.0. The van der Waals surface area contributed by atoms with E-state index >= 15 is 0 Å². The van der Waals surface area contributed by atoms with Gasteiger partial charge in [0.2, 0.25) is 11.8 Å². The van der Waals surface area contributed by atoms with E-state index in [1.54, 1.807) is 11.1 Å². The van der Waals surface area contributed by atoms with Crippen molar-refractivity contribution in [2.24, 2.45) is 17.8 Å². The molecule has 0 aliphatic carbocycles. The number of imidazole rings is 2. The number of fused-ring (bicyclic) bond motifs is 5. The highest BCUT2D eigenvalue weighted by molar-refractivity contribution is 6.19. The summed E-state index contributed by atoms with van der Waals surface area (Å²) < 4.78 is 15.9. The number of alkyl carbamates (subject to hydrolysis) is 2. The van der Waals surface area contributed by atoms with Gasteiger partial charge < -0.3 is 44.3 Å². The second-order valence-electron chi connectivity index (χ2n) is 16.8. The Kier molecular flexibility index (Phi) is 11.0. The summed E-state index contributed by atoms with van der Waals surface area (Å²) in [7, 11) is 2.58. The molecule has 314 valence electrons. The number of rotatable bonds is 11. The van der Waals surface area contributed by atoms with Gasteiger partial charge in [0, 0.05) is 29.4 Å². The lowest BCUT2D eigenvalue weighted by molar-refractivity contribution is -0.136. The van der Waals surface area contributed by atoms with Gasteiger partial charge in [0.15, 0.2) is 0 Å². The summed E-state index contributed by atoms with van der Waals surface area (Å²) in [6.45, 7) is 10.9. The minimum atomic E-state index is -0.726. The molecule has 4 aromatic heterocycles. The first kappa shape index (κ1) is 40.4. The number of benzene rings is 3. The van der Waals surface area contributed by atoms with Crippen LogP contribution in [-0.4, -0.2) is 93.1 Å². The number of hydrogen-bond acceptors (Lipinski definition) is 9. The van der Waals surface area contributed by atoms with Crippen molar-refractivity contribution in [3.63, 3.8) is 0 Å². The molecule has 0 radical (unpaired) electrons. The quantitative estimate of drug-likeness (QED) is 0.101. The lowest BCUT2D eigenvalue weighted by atomic mass is 9.93. The van der Waals surface area contributed by atoms with E-state index in [1.807, 2.05) is 50.9 Å². The number of aromatic nitrogens is 4. The predicted molar refractivity (Wildman–Crippen MR) is 226 cm³/mol. The number of furan rings is 2. The normalized spacial score (nSPS) is 19.1. The molecule has 2 aliphatic rings. The highest BCUT2D eigenvalue weighted by atomic mass is 16.5. The van der Waals surface area contributed by atoms with Crippen LogP contribution < -0.4 is 10.6 Å². The van der Waals surface area contributed by atoms with Gasteiger partial charge in [0.1, 0.15) is 34.9 Å². The molecule has 2 aromatic carbocycles. The number of amides is 4. The van der Waals surface area contributed by atoms with Crippen LogP contribution in [0.3, 0.4) is 0 Å². The van der Waals surface area contributed by atoms with E-state index in [0.717, 1.165) is 74.8 Å². The Morgan fingerprint density at radius 3 is 1.87 bits per heavy atom. The summed E-state index contributed by atoms with van der Waals surface area (Å²) in [6.07, 6.45) is 4.70. The number of H-pyrrole nitrogens is 2. The average molecular weight is 817 g/mol. The summed E-state index contributed by atoms with van der Waals surface area (Å²) in [4.78, 5) is 71.8. The molecule has 5 unspecified atom stereocenters. The number of carbonyl (C=O) groups excluding carboxylic acids is 4. The van der Waals surface area contributed by atoms with Gasteiger partial charge in [-0.05, 0) is 65.8 Å². The van der Waals surface area contributed by atoms with Gasteiger partial charge in [-0.3, -0.25) is 9.59 Å². The molecule has 0 saturated carbocycles. The molecular weight excluding hydrogens is 765 g/mol. The molecule has 5 atom stereocenters. The number of likely N-dealkylation sites (tertiary alicyclic amines) is 2. The second kappa shape index (κ2) is 16.3. The Morgan fingerprint density at radius 1 is 0.717 bits per heavy atom. The molecule has 60 heavy (non-hydrogen) atoms. The molecule has 0 spiro atoms. The van der Waals surface area contributed by atoms with Gasteiger partial charge in [-0.25, -0.2) is 19.6 Å². The first-order chi connectivity index (χ1) is 28.9. The molecule has 6 aromatic rings. The zero-order chi connectivity index (χ0) is 42.4. The number of methoxy groups -OCH3 is 2. The third kappa shape index (κ3) is 7.41. The molecule has 2 aliphatic heterocycles. The van der Waals surface area contributed by atoms with Crippen molar-refractivity contribution in [3.05, 3.63) is 72.6 Å². The standard InChI is InChI=1S/C45H52N8O7/c1-23(2)38(50-44(56)58-6)42(54)52-18-8-9-32(52)40-46-20-30(48-40)27-12-10-26(11-13-27)28-14-15-29(37-35-17-16-34(60-35)36(28)37)31-21-47-41(49-31)33-19-25(5)22-53(33)43(55)39(24(3)4)51-45(57)59-7/h10-17,20-21,23-25,32-33,38-39H,8-9,18-19,22H2,1-7H3,(H,46,48)(H,47,49)(H,50,56)(H,51,57). The topological polar surface area (TPSA) is 188 Å². The maximum atomic E-state index is 13.9. The Hall–Kier alpha value is -6.38. The van der Waals surface area contributed by atoms with Crippen molar-refractivity contribution >= 4 is 45.9 Å². The number of carbonyl (C=O) groups is 4. The van der Waals surface area contributed by atoms with E-state index in [4.69, 9.17) is 23.9 Å². The molecule has 6 heterocycles. The largest absolute Gasteiger partial charge is 0.456 e. The Bertz CT molecular complexity index is 2520. The number of aromatic amines is 2. The van der Waals surface area contributed by atoms with Crippen LogP contribution in [0.25, 0.3) is 55.6 Å². The van der Waals surface area contributed by atoms with Crippen molar-refractivity contribution in [1.82, 2.24) is 40.4 Å². The van der Waals surface area contributed by atoms with Crippen LogP contribution in [0.5, 0.6) is 0 Å². The van der Waals surface area contributed by atoms with Gasteiger partial charge in [-0.1, -0.05) is 71.0 Å². The Labute approximate surface area is 347 Å². The molecule has 15 nitrogen and oxygen atoms in total. The number of nitrogens with one attached hydrogen (secondary N) is 4. The van der Waals surface area contributed by atoms with Crippen molar-refractivity contribution in [3.8, 4) is 33.6 Å². The minimum absolute atomic E-state index is 0.118. The van der Waals surface area contributed by atoms with Crippen molar-refractivity contribution in [1.29, 1.82) is 0 Å². The SMILES string of the molecule is COC(=O)NC(C(=O)N1CCCC1c1ncc(-c2ccc(-c3ccc(-c4cnc(C5CC(C)CN5C(=O)C(NC(=O)OC)C(C)C)[nH]4)c4c5ccc(o5)c34)cc2)[nH]1)C(C)C. The van der Waals surface area contributed by atoms with Crippen LogP contribution in [0.15, 0.2) is 65.3 Å². The molecular formula is C45H52N8O7. The Morgan fingerprint density at radius 2 is 1.25 bits per heavy atom. The summed E-state index contributed by atoms with van der Waals surface area (Å²) in [5.41, 5.74) is 7.16. The summed E-state index contributed by atoms with van der Waals surface area (Å²) in [6, 6.07) is 14.5. The number of ether oxygens (including phenoxy) is 2. The molecule has 4 N–H and O–H groups in total. The van der Waals surface area contributed by atoms with Crippen LogP contribution in [0, 0.1) is 17.8 Å². The van der Waals surface area contributed by atoms with Crippen LogP contribution >= 0.6 is 0 Å². The van der Waals surface area contributed by atoms with E-state index < -0.39 is 24.3 Å². The van der Waals surface area contributed by atoms with Gasteiger partial charge >= 0.3 is 12.2 Å². The predicted octanol–water partition coefficient (Wildman–Crippen LogP) is 7.81. The first-order valence-electron chi connectivity index (χ1n) is 20.6. The van der Waals surface area contributed by atoms with E-state index in [2.05, 4.69) is 63.9 Å². The van der Waals surface area contributed by atoms with Crippen LogP contribution in [0.1, 0.15) is 77.6 Å². The molecule has 15 heteroatoms. The highest BCUT2D eigenvalue weighted by Gasteiger charge is 2.41. The van der Waals surface area contributed by atoms with Gasteiger partial charge in [0.05, 0.1) is 50.1 Å². The molecule has 2 saturated heterocycles. The van der Waals surface area contributed by atoms with E-state index in [0.29, 0.717) is 24.7 Å². The summed E-state index contributed by atoms with van der Waals surface area (Å²) in [5.74, 6) is 1.09. The van der Waals surface area contributed by atoms with Gasteiger partial charge in [-0.2, -0.15) is 0 Å². The highest BCUT2D eigenvalue weighted by Crippen LogP contribution is 2.44. The molecule has 8 rings (SSSR count). The fourth-order valence-electron chi connectivity index (χ4n) is 8.93. The summed E-state index contributed by atoms with van der Waals surface area (Å²) in [5, 5.41) is 7.41. The molecule has 4 amide bonds. The first-order valence-corrected chi connectivity index (χ1v) is 20.6. The number of nitrogens with zero attached hydrogens (tertiary/aromatic N) is 4. The molecule has 2 fully saturated rings. The average Bonchev–Trinajstić information content (AvgIpc) is 4.11. The maximum Gasteiger partial charge on any atom is 0.407 e. The maximum absolute atomic E-state index is 13.9. The second-order valence-corrected chi connectivity index (χ2v) is 16.8. The monoisotopic (exact) mass is 816 g/mol. The minimum Gasteiger partial charge on any atom is -0.456 e. The van der Waals surface area contributed by atoms with Crippen LogP contribution in [0.2, 0.25) is 0 Å². The van der Waals surface area contributed by atoms with Crippen LogP contribution in [-0.2, 0) is 19.1 Å². The van der Waals surface area contributed by atoms with Crippen molar-refractivity contribution < 1.29 is 33.1 Å². The van der Waals surface area contributed by atoms with E-state index in [9.17, 15) is 19.2 Å². The summed E-state index contributed by atoms with van der Waals surface area (Å²) >= 11 is 0. The fourth-order valence-corrected chi connectivity index (χ4v) is 8.93. The fraction of sp³-hybridized carbons (Fsp3) is 0.422. The van der Waals surface area contributed by atoms with Crippen molar-refractivity contribution in [2.45, 2.75) is 78.0 Å². The lowest BCUT2D eigenvalue weighted by Gasteiger charge is -2.30. The van der Waals surface area contributed by atoms with Gasteiger partial charge in [-0.15, -0.1) is 0 Å². The van der Waals surface area contributed by atoms with Crippen LogP contribution in [0.4, 0.5) is 9.59 Å². The third-order valence-corrected chi connectivity index (χ3v) is 12.0. The van der Waals surface area contributed by atoms with Gasteiger partial charge in [0.25, 0.3) is 0 Å². The zero-order valence-corrected chi connectivity index (χ0v) is 35.0. The van der Waals surface area contributed by atoms with E-state index in [-0.39, 0.29) is 41.7 Å². The lowest BCUT2D eigenvalue weighted by Crippen LogP contribution is -2.51. The van der Waals surface area contributed by atoms with Crippen molar-refractivity contribution in [2.75, 3.05) is 27.3 Å². The van der Waals surface area contributed by atoms with E-state index in [1.165, 1.54) is 14.2 Å². The number of hydrogen-bond donors (Lipinski definition) is 4. The smallest absolute Gasteiger partial charge is 0.407 e. The molecule has 2 bridgehead atoms. The Balaban J connectivity index is 1.03.